The molecule has 12 nitrogen and oxygen atoms in total. The minimum absolute atomic E-state index is 0.00502. The van der Waals surface area contributed by atoms with Crippen LogP contribution in [-0.4, -0.2) is 69.7 Å². The van der Waals surface area contributed by atoms with Crippen molar-refractivity contribution >= 4 is 34.6 Å². The van der Waals surface area contributed by atoms with E-state index in [2.05, 4.69) is 31.2 Å². The Morgan fingerprint density at radius 2 is 1.54 bits per heavy atom. The van der Waals surface area contributed by atoms with Gasteiger partial charge in [0.1, 0.15) is 18.7 Å². The number of H-pyrrole nitrogens is 1. The number of alkyl carbamates (subject to hydrolysis) is 1. The zero-order valence-corrected chi connectivity index (χ0v) is 28.9. The van der Waals surface area contributed by atoms with Gasteiger partial charge in [-0.3, -0.25) is 14.4 Å². The molecule has 0 aliphatic carbocycles. The Morgan fingerprint density at radius 3 is 2.26 bits per heavy atom. The van der Waals surface area contributed by atoms with E-state index in [9.17, 15) is 24.3 Å². The molecule has 266 valence electrons. The first-order valence-electron chi connectivity index (χ1n) is 17.1. The Labute approximate surface area is 292 Å². The van der Waals surface area contributed by atoms with Crippen molar-refractivity contribution < 1.29 is 29.0 Å². The van der Waals surface area contributed by atoms with Gasteiger partial charge >= 0.3 is 6.09 Å². The Balaban J connectivity index is 1.57. The number of rotatable bonds is 18. The zero-order chi connectivity index (χ0) is 35.9. The number of benzene rings is 3. The highest BCUT2D eigenvalue weighted by atomic mass is 16.5. The van der Waals surface area contributed by atoms with E-state index in [0.29, 0.717) is 18.7 Å². The third-order valence-electron chi connectivity index (χ3n) is 8.26. The molecule has 0 aliphatic rings. The number of hydrogen-bond acceptors (Lipinski definition) is 7. The van der Waals surface area contributed by atoms with E-state index in [0.717, 1.165) is 34.7 Å². The van der Waals surface area contributed by atoms with E-state index in [4.69, 9.17) is 4.74 Å². The number of aromatic amines is 1. The predicted molar refractivity (Wildman–Crippen MR) is 191 cm³/mol. The maximum atomic E-state index is 14.1. The molecule has 12 heteroatoms. The van der Waals surface area contributed by atoms with Gasteiger partial charge in [0.25, 0.3) is 5.91 Å². The Hall–Kier alpha value is -5.23. The van der Waals surface area contributed by atoms with E-state index in [-0.39, 0.29) is 25.4 Å². The highest BCUT2D eigenvalue weighted by Crippen LogP contribution is 2.20. The number of fused-ring (bicyclic) bond motifs is 1. The first kappa shape index (κ1) is 37.6. The third-order valence-corrected chi connectivity index (χ3v) is 8.26. The highest BCUT2D eigenvalue weighted by Gasteiger charge is 2.33. The van der Waals surface area contributed by atoms with Crippen molar-refractivity contribution in [2.24, 2.45) is 5.92 Å². The van der Waals surface area contributed by atoms with Gasteiger partial charge in [0.05, 0.1) is 18.1 Å². The van der Waals surface area contributed by atoms with Gasteiger partial charge < -0.3 is 36.1 Å². The van der Waals surface area contributed by atoms with E-state index in [1.807, 2.05) is 93.6 Å². The van der Waals surface area contributed by atoms with Gasteiger partial charge in [-0.25, -0.2) is 9.78 Å². The van der Waals surface area contributed by atoms with Crippen LogP contribution in [0.2, 0.25) is 0 Å². The normalized spacial score (nSPS) is 13.5. The lowest BCUT2D eigenvalue weighted by Gasteiger charge is -2.28. The SMILES string of the molecule is CCCCNC(=O)[C@@H](O)[C@H](CC(C)C)NC(=O)C(Cc1c[nH]cn1)NC(=O)[C@H](Cc1cccc2ccccc12)NC(=O)OCc1ccccc1. The van der Waals surface area contributed by atoms with Gasteiger partial charge in [-0.05, 0) is 40.7 Å². The summed E-state index contributed by atoms with van der Waals surface area (Å²) in [5.41, 5.74) is 2.10. The standard InChI is InChI=1S/C38H48N6O6/c1-4-5-18-40-37(48)34(45)31(19-25(2)3)42-36(47)33(21-29-22-39-24-41-29)43-35(46)32(44-38(49)50-23-26-12-7-6-8-13-26)20-28-16-11-15-27-14-9-10-17-30(27)28/h6-17,22,24-25,31-34,45H,4-5,18-21,23H2,1-3H3,(H,39,41)(H,40,48)(H,42,47)(H,43,46)(H,44,49)/t31-,32-,33?,34-/m0/s1. The highest BCUT2D eigenvalue weighted by molar-refractivity contribution is 5.93. The van der Waals surface area contributed by atoms with Crippen molar-refractivity contribution in [2.45, 2.75) is 83.7 Å². The lowest BCUT2D eigenvalue weighted by molar-refractivity contribution is -0.134. The van der Waals surface area contributed by atoms with Crippen molar-refractivity contribution in [1.82, 2.24) is 31.2 Å². The Kier molecular flexibility index (Phi) is 14.3. The summed E-state index contributed by atoms with van der Waals surface area (Å²) < 4.78 is 5.46. The summed E-state index contributed by atoms with van der Waals surface area (Å²) in [6.45, 7) is 6.25. The largest absolute Gasteiger partial charge is 0.445 e. The van der Waals surface area contributed by atoms with Gasteiger partial charge in [-0.15, -0.1) is 0 Å². The molecule has 1 unspecified atom stereocenters. The van der Waals surface area contributed by atoms with E-state index >= 15 is 0 Å². The number of ether oxygens (including phenoxy) is 1. The van der Waals surface area contributed by atoms with E-state index < -0.39 is 48.0 Å². The molecule has 1 heterocycles. The zero-order valence-electron chi connectivity index (χ0n) is 28.9. The van der Waals surface area contributed by atoms with E-state index in [1.165, 1.54) is 6.33 Å². The monoisotopic (exact) mass is 684 g/mol. The molecule has 50 heavy (non-hydrogen) atoms. The molecule has 0 radical (unpaired) electrons. The van der Waals surface area contributed by atoms with Crippen LogP contribution in [-0.2, 0) is 38.6 Å². The molecular formula is C38H48N6O6. The van der Waals surface area contributed by atoms with Gasteiger partial charge in [0, 0.05) is 25.6 Å². The first-order chi connectivity index (χ1) is 24.1. The maximum Gasteiger partial charge on any atom is 0.408 e. The topological polar surface area (TPSA) is 175 Å². The lowest BCUT2D eigenvalue weighted by Crippen LogP contribution is -2.58. The molecule has 0 spiro atoms. The molecular weight excluding hydrogens is 636 g/mol. The molecule has 4 aromatic rings. The molecule has 0 bridgehead atoms. The molecule has 0 aliphatic heterocycles. The number of aliphatic hydroxyl groups excluding tert-OH is 1. The van der Waals surface area contributed by atoms with Crippen molar-refractivity contribution in [3.8, 4) is 0 Å². The summed E-state index contributed by atoms with van der Waals surface area (Å²) >= 11 is 0. The van der Waals surface area contributed by atoms with Crippen LogP contribution >= 0.6 is 0 Å². The number of hydrogen-bond donors (Lipinski definition) is 6. The van der Waals surface area contributed by atoms with Crippen LogP contribution in [0.25, 0.3) is 10.8 Å². The molecule has 3 aromatic carbocycles. The van der Waals surface area contributed by atoms with Crippen LogP contribution in [0.5, 0.6) is 0 Å². The number of imidazole rings is 1. The minimum Gasteiger partial charge on any atom is -0.445 e. The number of nitrogens with zero attached hydrogens (tertiary/aromatic N) is 1. The van der Waals surface area contributed by atoms with Crippen LogP contribution in [0.1, 0.15) is 56.9 Å². The van der Waals surface area contributed by atoms with Crippen molar-refractivity contribution in [3.05, 3.63) is 102 Å². The first-order valence-corrected chi connectivity index (χ1v) is 17.1. The van der Waals surface area contributed by atoms with Crippen molar-refractivity contribution in [1.29, 1.82) is 0 Å². The third kappa shape index (κ3) is 11.4. The van der Waals surface area contributed by atoms with Gasteiger partial charge in [0.15, 0.2) is 6.10 Å². The van der Waals surface area contributed by atoms with Crippen LogP contribution in [0, 0.1) is 5.92 Å². The van der Waals surface area contributed by atoms with Gasteiger partial charge in [-0.1, -0.05) is 100.0 Å². The molecule has 4 rings (SSSR count). The van der Waals surface area contributed by atoms with E-state index in [1.54, 1.807) is 6.20 Å². The molecule has 0 saturated carbocycles. The van der Waals surface area contributed by atoms with Gasteiger partial charge in [-0.2, -0.15) is 0 Å². The summed E-state index contributed by atoms with van der Waals surface area (Å²) in [6.07, 6.45) is 2.84. The van der Waals surface area contributed by atoms with Crippen LogP contribution in [0.3, 0.4) is 0 Å². The number of aromatic nitrogens is 2. The van der Waals surface area contributed by atoms with Crippen LogP contribution in [0.15, 0.2) is 85.3 Å². The molecule has 4 atom stereocenters. The Morgan fingerprint density at radius 1 is 0.840 bits per heavy atom. The second kappa shape index (κ2) is 19.1. The number of amides is 4. The van der Waals surface area contributed by atoms with Crippen LogP contribution in [0.4, 0.5) is 4.79 Å². The molecule has 0 saturated heterocycles. The fourth-order valence-electron chi connectivity index (χ4n) is 5.63. The summed E-state index contributed by atoms with van der Waals surface area (Å²) in [5.74, 6) is -1.77. The minimum atomic E-state index is -1.50. The number of aliphatic hydroxyl groups is 1. The van der Waals surface area contributed by atoms with Crippen molar-refractivity contribution in [3.63, 3.8) is 0 Å². The number of carbonyl (C=O) groups excluding carboxylic acids is 4. The number of carbonyl (C=O) groups is 4. The molecule has 4 amide bonds. The molecule has 0 fully saturated rings. The average molecular weight is 685 g/mol. The fourth-order valence-corrected chi connectivity index (χ4v) is 5.63. The number of nitrogens with one attached hydrogen (secondary N) is 5. The molecule has 6 N–H and O–H groups in total. The fraction of sp³-hybridized carbons (Fsp3) is 0.395. The smallest absolute Gasteiger partial charge is 0.408 e. The average Bonchev–Trinajstić information content (AvgIpc) is 3.63. The van der Waals surface area contributed by atoms with Gasteiger partial charge in [0.2, 0.25) is 11.8 Å². The Bertz CT molecular complexity index is 1670. The summed E-state index contributed by atoms with van der Waals surface area (Å²) in [5, 5.41) is 23.9. The lowest BCUT2D eigenvalue weighted by atomic mass is 9.97. The summed E-state index contributed by atoms with van der Waals surface area (Å²) in [4.78, 5) is 60.9. The summed E-state index contributed by atoms with van der Waals surface area (Å²) in [6, 6.07) is 19.4. The van der Waals surface area contributed by atoms with Crippen LogP contribution < -0.4 is 21.3 Å². The second-order valence-corrected chi connectivity index (χ2v) is 12.8. The van der Waals surface area contributed by atoms with Crippen molar-refractivity contribution in [2.75, 3.05) is 6.54 Å². The molecule has 1 aromatic heterocycles. The predicted octanol–water partition coefficient (Wildman–Crippen LogP) is 3.94. The summed E-state index contributed by atoms with van der Waals surface area (Å²) in [7, 11) is 0. The second-order valence-electron chi connectivity index (χ2n) is 12.8. The quantitative estimate of drug-likeness (QED) is 0.0861. The number of unbranched alkanes of at least 4 members (excludes halogenated alkanes) is 1. The maximum absolute atomic E-state index is 14.1.